The van der Waals surface area contributed by atoms with E-state index in [4.69, 9.17) is 15.2 Å². The maximum absolute atomic E-state index is 11.7. The fourth-order valence-corrected chi connectivity index (χ4v) is 1.50. The number of rotatable bonds is 7. The minimum absolute atomic E-state index is 0.208. The van der Waals surface area contributed by atoms with Crippen molar-refractivity contribution < 1.29 is 14.3 Å². The highest BCUT2D eigenvalue weighted by molar-refractivity contribution is 5.80. The summed E-state index contributed by atoms with van der Waals surface area (Å²) in [5.74, 6) is 0.868. The van der Waals surface area contributed by atoms with Crippen LogP contribution >= 0.6 is 0 Å². The second-order valence-electron chi connectivity index (χ2n) is 3.98. The van der Waals surface area contributed by atoms with Crippen LogP contribution in [0.3, 0.4) is 0 Å². The van der Waals surface area contributed by atoms with Crippen molar-refractivity contribution in [2.45, 2.75) is 19.6 Å². The predicted molar refractivity (Wildman–Crippen MR) is 74.2 cm³/mol. The minimum atomic E-state index is -0.623. The van der Waals surface area contributed by atoms with Crippen molar-refractivity contribution >= 4 is 5.91 Å². The van der Waals surface area contributed by atoms with Gasteiger partial charge >= 0.3 is 0 Å². The van der Waals surface area contributed by atoms with Gasteiger partial charge in [-0.2, -0.15) is 0 Å². The molecule has 0 spiro atoms. The van der Waals surface area contributed by atoms with E-state index in [0.717, 1.165) is 5.56 Å². The number of amides is 1. The third-order valence-corrected chi connectivity index (χ3v) is 2.56. The maximum atomic E-state index is 11.7. The van der Waals surface area contributed by atoms with Gasteiger partial charge in [0.25, 0.3) is 5.91 Å². The Hall–Kier alpha value is -2.01. The Bertz CT molecular complexity index is 446. The van der Waals surface area contributed by atoms with Gasteiger partial charge in [0.1, 0.15) is 0 Å². The predicted octanol–water partition coefficient (Wildman–Crippen LogP) is 1.22. The Labute approximate surface area is 113 Å². The Balaban J connectivity index is 2.79. The largest absolute Gasteiger partial charge is 0.493 e. The summed E-state index contributed by atoms with van der Waals surface area (Å²) in [6.45, 7) is 6.02. The number of carbonyl (C=O) groups excluding carboxylic acids is 1. The van der Waals surface area contributed by atoms with Crippen molar-refractivity contribution in [2.75, 3.05) is 13.7 Å². The highest BCUT2D eigenvalue weighted by atomic mass is 16.5. The van der Waals surface area contributed by atoms with Gasteiger partial charge in [0.15, 0.2) is 17.6 Å². The van der Waals surface area contributed by atoms with Gasteiger partial charge in [-0.3, -0.25) is 4.79 Å². The lowest BCUT2D eigenvalue weighted by Crippen LogP contribution is -2.36. The monoisotopic (exact) mass is 264 g/mol. The SMILES string of the molecule is C=CCNC(=O)C(C)Oc1cc(CN)ccc1OC. The Morgan fingerprint density at radius 2 is 2.26 bits per heavy atom. The molecule has 104 valence electrons. The van der Waals surface area contributed by atoms with Crippen LogP contribution < -0.4 is 20.5 Å². The van der Waals surface area contributed by atoms with E-state index in [2.05, 4.69) is 11.9 Å². The molecule has 1 aromatic rings. The summed E-state index contributed by atoms with van der Waals surface area (Å²) < 4.78 is 10.8. The second kappa shape index (κ2) is 7.43. The van der Waals surface area contributed by atoms with Crippen molar-refractivity contribution in [3.8, 4) is 11.5 Å². The molecular weight excluding hydrogens is 244 g/mol. The zero-order valence-corrected chi connectivity index (χ0v) is 11.3. The molecule has 3 N–H and O–H groups in total. The fourth-order valence-electron chi connectivity index (χ4n) is 1.50. The van der Waals surface area contributed by atoms with Crippen molar-refractivity contribution in [1.82, 2.24) is 5.32 Å². The van der Waals surface area contributed by atoms with Crippen LogP contribution in [0.5, 0.6) is 11.5 Å². The van der Waals surface area contributed by atoms with Gasteiger partial charge < -0.3 is 20.5 Å². The van der Waals surface area contributed by atoms with Crippen molar-refractivity contribution in [1.29, 1.82) is 0 Å². The van der Waals surface area contributed by atoms with Gasteiger partial charge in [0.05, 0.1) is 7.11 Å². The molecule has 0 bridgehead atoms. The van der Waals surface area contributed by atoms with Crippen LogP contribution in [0.2, 0.25) is 0 Å². The molecule has 5 heteroatoms. The van der Waals surface area contributed by atoms with Crippen LogP contribution in [-0.4, -0.2) is 25.7 Å². The van der Waals surface area contributed by atoms with Gasteiger partial charge in [0.2, 0.25) is 0 Å². The molecule has 0 fully saturated rings. The summed E-state index contributed by atoms with van der Waals surface area (Å²) >= 11 is 0. The molecule has 0 aromatic heterocycles. The highest BCUT2D eigenvalue weighted by Crippen LogP contribution is 2.28. The Kier molecular flexibility index (Phi) is 5.89. The summed E-state index contributed by atoms with van der Waals surface area (Å²) in [6, 6.07) is 5.40. The number of nitrogens with two attached hydrogens (primary N) is 1. The van der Waals surface area contributed by atoms with E-state index in [9.17, 15) is 4.79 Å². The first-order valence-electron chi connectivity index (χ1n) is 6.04. The molecule has 1 rings (SSSR count). The summed E-state index contributed by atoms with van der Waals surface area (Å²) in [4.78, 5) is 11.7. The molecule has 0 radical (unpaired) electrons. The summed E-state index contributed by atoms with van der Waals surface area (Å²) in [7, 11) is 1.55. The molecular formula is C14H20N2O3. The molecule has 0 aliphatic carbocycles. The van der Waals surface area contributed by atoms with E-state index >= 15 is 0 Å². The first-order valence-corrected chi connectivity index (χ1v) is 6.04. The molecule has 1 unspecified atom stereocenters. The number of methoxy groups -OCH3 is 1. The Morgan fingerprint density at radius 3 is 2.84 bits per heavy atom. The number of carbonyl (C=O) groups is 1. The number of nitrogens with one attached hydrogen (secondary N) is 1. The molecule has 19 heavy (non-hydrogen) atoms. The normalized spacial score (nSPS) is 11.5. The molecule has 0 heterocycles. The van der Waals surface area contributed by atoms with E-state index in [1.807, 2.05) is 6.07 Å². The van der Waals surface area contributed by atoms with E-state index in [1.165, 1.54) is 0 Å². The zero-order chi connectivity index (χ0) is 14.3. The third kappa shape index (κ3) is 4.30. The second-order valence-corrected chi connectivity index (χ2v) is 3.98. The summed E-state index contributed by atoms with van der Waals surface area (Å²) in [5, 5.41) is 2.67. The first-order chi connectivity index (χ1) is 9.12. The summed E-state index contributed by atoms with van der Waals surface area (Å²) in [5.41, 5.74) is 6.49. The molecule has 0 aliphatic heterocycles. The minimum Gasteiger partial charge on any atom is -0.493 e. The number of hydrogen-bond donors (Lipinski definition) is 2. The maximum Gasteiger partial charge on any atom is 0.261 e. The van der Waals surface area contributed by atoms with Gasteiger partial charge in [0, 0.05) is 13.1 Å². The molecule has 0 saturated heterocycles. The third-order valence-electron chi connectivity index (χ3n) is 2.56. The zero-order valence-electron chi connectivity index (χ0n) is 11.3. The van der Waals surface area contributed by atoms with E-state index < -0.39 is 6.10 Å². The average molecular weight is 264 g/mol. The number of hydrogen-bond acceptors (Lipinski definition) is 4. The molecule has 1 atom stereocenters. The molecule has 1 amide bonds. The van der Waals surface area contributed by atoms with Crippen LogP contribution in [0.25, 0.3) is 0 Å². The first kappa shape index (κ1) is 15.0. The van der Waals surface area contributed by atoms with Gasteiger partial charge in [-0.05, 0) is 24.6 Å². The van der Waals surface area contributed by atoms with Crippen molar-refractivity contribution in [3.05, 3.63) is 36.4 Å². The molecule has 0 saturated carbocycles. The van der Waals surface area contributed by atoms with Crippen molar-refractivity contribution in [2.24, 2.45) is 5.73 Å². The van der Waals surface area contributed by atoms with Gasteiger partial charge in [-0.25, -0.2) is 0 Å². The summed E-state index contributed by atoms with van der Waals surface area (Å²) in [6.07, 6.45) is 0.988. The molecule has 0 aliphatic rings. The van der Waals surface area contributed by atoms with Gasteiger partial charge in [-0.15, -0.1) is 6.58 Å². The quantitative estimate of drug-likeness (QED) is 0.726. The lowest BCUT2D eigenvalue weighted by Gasteiger charge is -2.17. The topological polar surface area (TPSA) is 73.6 Å². The van der Waals surface area contributed by atoms with E-state index in [0.29, 0.717) is 24.6 Å². The van der Waals surface area contributed by atoms with E-state index in [1.54, 1.807) is 32.2 Å². The number of benzene rings is 1. The lowest BCUT2D eigenvalue weighted by atomic mass is 10.2. The lowest BCUT2D eigenvalue weighted by molar-refractivity contribution is -0.127. The average Bonchev–Trinajstić information content (AvgIpc) is 2.44. The van der Waals surface area contributed by atoms with Crippen molar-refractivity contribution in [3.63, 3.8) is 0 Å². The smallest absolute Gasteiger partial charge is 0.261 e. The standard InChI is InChI=1S/C14H20N2O3/c1-4-7-16-14(17)10(2)19-13-8-11(9-15)5-6-12(13)18-3/h4-6,8,10H,1,7,9,15H2,2-3H3,(H,16,17). The van der Waals surface area contributed by atoms with Crippen LogP contribution in [-0.2, 0) is 11.3 Å². The molecule has 5 nitrogen and oxygen atoms in total. The Morgan fingerprint density at radius 1 is 1.53 bits per heavy atom. The van der Waals surface area contributed by atoms with E-state index in [-0.39, 0.29) is 5.91 Å². The van der Waals surface area contributed by atoms with Crippen LogP contribution in [0.15, 0.2) is 30.9 Å². The van der Waals surface area contributed by atoms with Gasteiger partial charge in [-0.1, -0.05) is 12.1 Å². The molecule has 1 aromatic carbocycles. The van der Waals surface area contributed by atoms with Crippen LogP contribution in [0.1, 0.15) is 12.5 Å². The van der Waals surface area contributed by atoms with Crippen LogP contribution in [0.4, 0.5) is 0 Å². The number of ether oxygens (including phenoxy) is 2. The van der Waals surface area contributed by atoms with Crippen LogP contribution in [0, 0.1) is 0 Å². The fraction of sp³-hybridized carbons (Fsp3) is 0.357. The highest BCUT2D eigenvalue weighted by Gasteiger charge is 2.16.